The third kappa shape index (κ3) is 3.52. The first-order valence-corrected chi connectivity index (χ1v) is 10.0. The van der Waals surface area contributed by atoms with Crippen LogP contribution in [0.1, 0.15) is 75.2 Å². The maximum atomic E-state index is 12.6. The molecule has 3 aliphatic rings. The Balaban J connectivity index is 1.31. The van der Waals surface area contributed by atoms with Crippen molar-refractivity contribution in [2.45, 2.75) is 77.2 Å². The van der Waals surface area contributed by atoms with Crippen LogP contribution in [0.5, 0.6) is 0 Å². The van der Waals surface area contributed by atoms with Crippen LogP contribution < -0.4 is 0 Å². The minimum absolute atomic E-state index is 0.411. The Hall–Kier alpha value is -1.32. The Morgan fingerprint density at radius 2 is 1.92 bits per heavy atom. The van der Waals surface area contributed by atoms with Gasteiger partial charge < -0.3 is 9.47 Å². The number of carbonyl (C=O) groups excluding carboxylic acids is 1. The lowest BCUT2D eigenvalue weighted by atomic mass is 9.87. The van der Waals surface area contributed by atoms with Crippen molar-refractivity contribution in [1.82, 2.24) is 14.5 Å². The predicted molar refractivity (Wildman–Crippen MR) is 94.8 cm³/mol. The van der Waals surface area contributed by atoms with Crippen LogP contribution in [0, 0.1) is 18.8 Å². The molecule has 24 heavy (non-hydrogen) atoms. The van der Waals surface area contributed by atoms with Crippen LogP contribution >= 0.6 is 0 Å². The second kappa shape index (κ2) is 6.89. The number of nitrogens with zero attached hydrogens (tertiary/aromatic N) is 3. The van der Waals surface area contributed by atoms with Crippen molar-refractivity contribution in [3.63, 3.8) is 0 Å². The molecule has 4 heteroatoms. The van der Waals surface area contributed by atoms with Gasteiger partial charge in [0.1, 0.15) is 5.82 Å². The van der Waals surface area contributed by atoms with E-state index in [9.17, 15) is 4.79 Å². The maximum absolute atomic E-state index is 12.6. The van der Waals surface area contributed by atoms with Gasteiger partial charge in [0.15, 0.2) is 0 Å². The minimum Gasteiger partial charge on any atom is -0.342 e. The Kier molecular flexibility index (Phi) is 4.64. The summed E-state index contributed by atoms with van der Waals surface area (Å²) in [7, 11) is 0. The summed E-state index contributed by atoms with van der Waals surface area (Å²) in [6.07, 6.45) is 13.1. The molecular formula is C20H31N3O. The van der Waals surface area contributed by atoms with Crippen molar-refractivity contribution >= 4 is 5.91 Å². The molecule has 1 atom stereocenters. The Labute approximate surface area is 145 Å². The molecular weight excluding hydrogens is 298 g/mol. The van der Waals surface area contributed by atoms with Crippen LogP contribution in [-0.2, 0) is 11.3 Å². The van der Waals surface area contributed by atoms with Crippen molar-refractivity contribution < 1.29 is 4.79 Å². The Morgan fingerprint density at radius 1 is 1.12 bits per heavy atom. The van der Waals surface area contributed by atoms with Crippen LogP contribution in [0.2, 0.25) is 0 Å². The zero-order valence-corrected chi connectivity index (χ0v) is 15.0. The van der Waals surface area contributed by atoms with Crippen LogP contribution in [0.15, 0.2) is 6.20 Å². The summed E-state index contributed by atoms with van der Waals surface area (Å²) in [4.78, 5) is 19.4. The molecule has 2 saturated carbocycles. The van der Waals surface area contributed by atoms with E-state index in [1.165, 1.54) is 56.5 Å². The number of aromatic nitrogens is 2. The predicted octanol–water partition coefficient (Wildman–Crippen LogP) is 3.89. The second-order valence-corrected chi connectivity index (χ2v) is 8.35. The molecule has 0 aromatic carbocycles. The normalized spacial score (nSPS) is 25.4. The molecule has 0 radical (unpaired) electrons. The number of carbonyl (C=O) groups is 1. The summed E-state index contributed by atoms with van der Waals surface area (Å²) >= 11 is 0. The van der Waals surface area contributed by atoms with Gasteiger partial charge in [-0.05, 0) is 50.9 Å². The van der Waals surface area contributed by atoms with Crippen molar-refractivity contribution in [3.8, 4) is 0 Å². The highest BCUT2D eigenvalue weighted by atomic mass is 16.2. The Morgan fingerprint density at radius 3 is 2.67 bits per heavy atom. The highest BCUT2D eigenvalue weighted by Gasteiger charge is 2.32. The first-order valence-electron chi connectivity index (χ1n) is 10.0. The van der Waals surface area contributed by atoms with E-state index in [0.29, 0.717) is 23.7 Å². The second-order valence-electron chi connectivity index (χ2n) is 8.35. The third-order valence-electron chi connectivity index (χ3n) is 6.30. The fourth-order valence-corrected chi connectivity index (χ4v) is 4.62. The number of likely N-dealkylation sites (tertiary alicyclic amines) is 1. The zero-order valence-electron chi connectivity index (χ0n) is 15.0. The summed E-state index contributed by atoms with van der Waals surface area (Å²) < 4.78 is 2.43. The van der Waals surface area contributed by atoms with Gasteiger partial charge in [0.2, 0.25) is 5.91 Å². The standard InChI is InChI=1S/C20H31N3O/c1-15-12-21-20(18-7-8-18)23(15)14-17-9-10-22(13-17)19(24)11-16-5-3-2-4-6-16/h12,16-18H,2-11,13-14H2,1H3. The minimum atomic E-state index is 0.411. The molecule has 4 rings (SSSR count). The van der Waals surface area contributed by atoms with Crippen LogP contribution in [0.3, 0.4) is 0 Å². The summed E-state index contributed by atoms with van der Waals surface area (Å²) in [6.45, 7) is 5.13. The van der Waals surface area contributed by atoms with Gasteiger partial charge in [0.05, 0.1) is 0 Å². The molecule has 132 valence electrons. The van der Waals surface area contributed by atoms with E-state index < -0.39 is 0 Å². The number of imidazole rings is 1. The van der Waals surface area contributed by atoms with Gasteiger partial charge in [-0.15, -0.1) is 0 Å². The topological polar surface area (TPSA) is 38.1 Å². The van der Waals surface area contributed by atoms with E-state index >= 15 is 0 Å². The summed E-state index contributed by atoms with van der Waals surface area (Å²) in [5.74, 6) is 3.66. The first-order chi connectivity index (χ1) is 11.7. The Bertz CT molecular complexity index is 584. The maximum Gasteiger partial charge on any atom is 0.222 e. The van der Waals surface area contributed by atoms with Gasteiger partial charge >= 0.3 is 0 Å². The summed E-state index contributed by atoms with van der Waals surface area (Å²) in [5.41, 5.74) is 1.28. The molecule has 2 aliphatic carbocycles. The van der Waals surface area contributed by atoms with Crippen molar-refractivity contribution in [2.24, 2.45) is 11.8 Å². The fraction of sp³-hybridized carbons (Fsp3) is 0.800. The lowest BCUT2D eigenvalue weighted by Gasteiger charge is -2.24. The number of aryl methyl sites for hydroxylation is 1. The van der Waals surface area contributed by atoms with E-state index in [4.69, 9.17) is 0 Å². The summed E-state index contributed by atoms with van der Waals surface area (Å²) in [5, 5.41) is 0. The number of rotatable bonds is 5. The largest absolute Gasteiger partial charge is 0.342 e. The molecule has 1 unspecified atom stereocenters. The monoisotopic (exact) mass is 329 g/mol. The van der Waals surface area contributed by atoms with E-state index in [2.05, 4.69) is 21.4 Å². The van der Waals surface area contributed by atoms with Crippen LogP contribution in [0.4, 0.5) is 0 Å². The zero-order chi connectivity index (χ0) is 16.5. The van der Waals surface area contributed by atoms with E-state index in [0.717, 1.165) is 32.5 Å². The molecule has 0 bridgehead atoms. The molecule has 2 heterocycles. The number of hydrogen-bond acceptors (Lipinski definition) is 2. The number of amides is 1. The molecule has 1 saturated heterocycles. The van der Waals surface area contributed by atoms with Gasteiger partial charge in [0.25, 0.3) is 0 Å². The molecule has 4 nitrogen and oxygen atoms in total. The van der Waals surface area contributed by atoms with E-state index in [-0.39, 0.29) is 0 Å². The van der Waals surface area contributed by atoms with E-state index in [1.54, 1.807) is 0 Å². The average Bonchev–Trinajstić information content (AvgIpc) is 3.21. The summed E-state index contributed by atoms with van der Waals surface area (Å²) in [6, 6.07) is 0. The molecule has 0 N–H and O–H groups in total. The van der Waals surface area contributed by atoms with Crippen LogP contribution in [-0.4, -0.2) is 33.4 Å². The van der Waals surface area contributed by atoms with Crippen LogP contribution in [0.25, 0.3) is 0 Å². The third-order valence-corrected chi connectivity index (χ3v) is 6.30. The lowest BCUT2D eigenvalue weighted by Crippen LogP contribution is -2.31. The molecule has 1 aromatic heterocycles. The SMILES string of the molecule is Cc1cnc(C2CC2)n1CC1CCN(C(=O)CC2CCCCC2)C1. The first kappa shape index (κ1) is 16.2. The smallest absolute Gasteiger partial charge is 0.222 e. The lowest BCUT2D eigenvalue weighted by molar-refractivity contribution is -0.131. The number of hydrogen-bond donors (Lipinski definition) is 0. The van der Waals surface area contributed by atoms with Crippen molar-refractivity contribution in [1.29, 1.82) is 0 Å². The van der Waals surface area contributed by atoms with Gasteiger partial charge in [0, 0.05) is 43.9 Å². The average molecular weight is 329 g/mol. The van der Waals surface area contributed by atoms with Gasteiger partial charge in [-0.1, -0.05) is 19.3 Å². The highest BCUT2D eigenvalue weighted by molar-refractivity contribution is 5.76. The molecule has 1 aliphatic heterocycles. The van der Waals surface area contributed by atoms with Crippen molar-refractivity contribution in [2.75, 3.05) is 13.1 Å². The van der Waals surface area contributed by atoms with Gasteiger partial charge in [-0.25, -0.2) is 4.98 Å². The molecule has 1 aromatic rings. The van der Waals surface area contributed by atoms with Gasteiger partial charge in [-0.3, -0.25) is 4.79 Å². The molecule has 1 amide bonds. The van der Waals surface area contributed by atoms with Gasteiger partial charge in [-0.2, -0.15) is 0 Å². The fourth-order valence-electron chi connectivity index (χ4n) is 4.62. The molecule has 0 spiro atoms. The quantitative estimate of drug-likeness (QED) is 0.822. The molecule has 3 fully saturated rings. The van der Waals surface area contributed by atoms with Crippen molar-refractivity contribution in [3.05, 3.63) is 17.7 Å². The van der Waals surface area contributed by atoms with E-state index in [1.807, 2.05) is 6.20 Å². The highest BCUT2D eigenvalue weighted by Crippen LogP contribution is 2.40.